The van der Waals surface area contributed by atoms with Gasteiger partial charge in [0.1, 0.15) is 0 Å². The molecule has 4 aliphatic rings. The van der Waals surface area contributed by atoms with Gasteiger partial charge in [0, 0.05) is 0 Å². The van der Waals surface area contributed by atoms with Crippen LogP contribution in [-0.4, -0.2) is 11.4 Å². The zero-order chi connectivity index (χ0) is 16.8. The maximum Gasteiger partial charge on any atom is 0.0932 e. The average molecular weight is 335 g/mol. The van der Waals surface area contributed by atoms with Crippen LogP contribution in [0.5, 0.6) is 0 Å². The van der Waals surface area contributed by atoms with Crippen molar-refractivity contribution in [2.45, 2.75) is 102 Å². The van der Waals surface area contributed by atoms with Crippen LogP contribution in [0, 0.1) is 23.2 Å². The second-order valence-corrected chi connectivity index (χ2v) is 9.34. The molecule has 24 heavy (non-hydrogen) atoms. The van der Waals surface area contributed by atoms with Crippen molar-refractivity contribution >= 4 is 0 Å². The number of hydrogen-bond acceptors (Lipinski definition) is 2. The van der Waals surface area contributed by atoms with Crippen molar-refractivity contribution in [1.82, 2.24) is 0 Å². The third-order valence-electron chi connectivity index (χ3n) is 7.16. The fraction of sp³-hybridized carbons (Fsp3) is 0.909. The summed E-state index contributed by atoms with van der Waals surface area (Å²) < 4.78 is 0. The maximum absolute atomic E-state index is 9.42. The van der Waals surface area contributed by atoms with Gasteiger partial charge < -0.3 is 0 Å². The lowest BCUT2D eigenvalue weighted by molar-refractivity contribution is -0.289. The van der Waals surface area contributed by atoms with E-state index in [1.54, 1.807) is 0 Å². The number of hydrogen-bond donors (Lipinski definition) is 1. The van der Waals surface area contributed by atoms with Crippen molar-refractivity contribution in [1.29, 1.82) is 0 Å². The van der Waals surface area contributed by atoms with E-state index >= 15 is 0 Å². The minimum absolute atomic E-state index is 0.0852. The van der Waals surface area contributed by atoms with Crippen molar-refractivity contribution in [2.75, 3.05) is 0 Å². The molecule has 0 aromatic heterocycles. The number of unbranched alkanes of at least 4 members (excludes halogenated alkanes) is 6. The molecule has 138 valence electrons. The summed E-state index contributed by atoms with van der Waals surface area (Å²) in [6, 6.07) is 0. The summed E-state index contributed by atoms with van der Waals surface area (Å²) in [4.78, 5) is 4.94. The van der Waals surface area contributed by atoms with Gasteiger partial charge >= 0.3 is 0 Å². The van der Waals surface area contributed by atoms with E-state index in [4.69, 9.17) is 4.89 Å². The van der Waals surface area contributed by atoms with Crippen molar-refractivity contribution in [3.05, 3.63) is 12.7 Å². The Kier molecular flexibility index (Phi) is 6.80. The van der Waals surface area contributed by atoms with Gasteiger partial charge in [-0.2, -0.15) is 0 Å². The second-order valence-electron chi connectivity index (χ2n) is 9.34. The third kappa shape index (κ3) is 4.85. The summed E-state index contributed by atoms with van der Waals surface area (Å²) in [5.74, 6) is 2.98. The Balaban J connectivity index is 1.34. The molecule has 0 radical (unpaired) electrons. The summed E-state index contributed by atoms with van der Waals surface area (Å²) in [6.07, 6.45) is 22.0. The Labute approximate surface area is 149 Å². The van der Waals surface area contributed by atoms with Gasteiger partial charge in [-0.05, 0) is 87.4 Å². The standard InChI is InChI=1S/C22H38O2/c1-2-3-4-5-6-7-8-9-10-21(24-23)17-22-14-18-11-19(15-22)13-20(12-18)16-22/h2,18-21,23H,1,3-17H2. The van der Waals surface area contributed by atoms with Gasteiger partial charge in [-0.3, -0.25) is 5.26 Å². The van der Waals surface area contributed by atoms with Crippen LogP contribution in [0.4, 0.5) is 0 Å². The van der Waals surface area contributed by atoms with Gasteiger partial charge in [-0.1, -0.05) is 38.2 Å². The SMILES string of the molecule is C=CCCCCCCCCC(CC12CC3CC(CC(C3)C1)C2)OO. The van der Waals surface area contributed by atoms with E-state index in [1.165, 1.54) is 77.0 Å². The lowest BCUT2D eigenvalue weighted by Crippen LogP contribution is -2.47. The minimum Gasteiger partial charge on any atom is -0.252 e. The minimum atomic E-state index is 0.0852. The molecule has 4 aliphatic carbocycles. The quantitative estimate of drug-likeness (QED) is 0.185. The molecule has 0 aromatic rings. The van der Waals surface area contributed by atoms with Crippen molar-refractivity contribution in [2.24, 2.45) is 23.2 Å². The van der Waals surface area contributed by atoms with Crippen LogP contribution < -0.4 is 0 Å². The predicted octanol–water partition coefficient (Wildman–Crippen LogP) is 6.76. The smallest absolute Gasteiger partial charge is 0.0932 e. The molecule has 2 nitrogen and oxygen atoms in total. The van der Waals surface area contributed by atoms with Crippen molar-refractivity contribution in [3.63, 3.8) is 0 Å². The Morgan fingerprint density at radius 3 is 2.00 bits per heavy atom. The molecule has 4 rings (SSSR count). The van der Waals surface area contributed by atoms with E-state index in [0.29, 0.717) is 5.41 Å². The zero-order valence-electron chi connectivity index (χ0n) is 15.6. The Bertz CT molecular complexity index is 354. The lowest BCUT2D eigenvalue weighted by Gasteiger charge is -2.57. The normalized spacial score (nSPS) is 35.3. The van der Waals surface area contributed by atoms with Gasteiger partial charge in [-0.25, -0.2) is 4.89 Å². The van der Waals surface area contributed by atoms with Crippen molar-refractivity contribution < 1.29 is 10.1 Å². The average Bonchev–Trinajstić information content (AvgIpc) is 2.54. The summed E-state index contributed by atoms with van der Waals surface area (Å²) in [5, 5.41) is 9.42. The van der Waals surface area contributed by atoms with E-state index in [2.05, 4.69) is 6.58 Å². The first-order chi connectivity index (χ1) is 11.7. The Hall–Kier alpha value is -0.340. The van der Waals surface area contributed by atoms with Crippen LogP contribution in [0.15, 0.2) is 12.7 Å². The van der Waals surface area contributed by atoms with Crippen molar-refractivity contribution in [3.8, 4) is 0 Å². The Morgan fingerprint density at radius 2 is 1.46 bits per heavy atom. The van der Waals surface area contributed by atoms with E-state index in [-0.39, 0.29) is 6.10 Å². The second kappa shape index (κ2) is 8.85. The van der Waals surface area contributed by atoms with Gasteiger partial charge in [0.05, 0.1) is 6.10 Å². The van der Waals surface area contributed by atoms with Crippen LogP contribution in [0.3, 0.4) is 0 Å². The molecular weight excluding hydrogens is 296 g/mol. The monoisotopic (exact) mass is 334 g/mol. The lowest BCUT2D eigenvalue weighted by atomic mass is 9.48. The molecule has 2 heteroatoms. The van der Waals surface area contributed by atoms with Crippen LogP contribution in [0.1, 0.15) is 96.3 Å². The predicted molar refractivity (Wildman–Crippen MR) is 99.9 cm³/mol. The topological polar surface area (TPSA) is 29.5 Å². The molecular formula is C22H38O2. The molecule has 0 aromatic carbocycles. The highest BCUT2D eigenvalue weighted by molar-refractivity contribution is 5.02. The third-order valence-corrected chi connectivity index (χ3v) is 7.16. The van der Waals surface area contributed by atoms with E-state index in [1.807, 2.05) is 6.08 Å². The fourth-order valence-corrected chi connectivity index (χ4v) is 6.58. The largest absolute Gasteiger partial charge is 0.252 e. The molecule has 0 spiro atoms. The maximum atomic E-state index is 9.42. The summed E-state index contributed by atoms with van der Waals surface area (Å²) >= 11 is 0. The van der Waals surface area contributed by atoms with Crippen LogP contribution in [0.25, 0.3) is 0 Å². The van der Waals surface area contributed by atoms with Crippen LogP contribution >= 0.6 is 0 Å². The van der Waals surface area contributed by atoms with Crippen LogP contribution in [0.2, 0.25) is 0 Å². The summed E-state index contributed by atoms with van der Waals surface area (Å²) in [6.45, 7) is 3.78. The molecule has 0 heterocycles. The van der Waals surface area contributed by atoms with E-state index in [0.717, 1.165) is 37.0 Å². The highest BCUT2D eigenvalue weighted by Gasteiger charge is 2.51. The molecule has 1 atom stereocenters. The molecule has 4 saturated carbocycles. The highest BCUT2D eigenvalue weighted by Crippen LogP contribution is 2.61. The summed E-state index contributed by atoms with van der Waals surface area (Å²) in [7, 11) is 0. The Morgan fingerprint density at radius 1 is 0.917 bits per heavy atom. The van der Waals surface area contributed by atoms with E-state index < -0.39 is 0 Å². The zero-order valence-corrected chi connectivity index (χ0v) is 15.6. The molecule has 0 saturated heterocycles. The van der Waals surface area contributed by atoms with Gasteiger partial charge in [0.25, 0.3) is 0 Å². The van der Waals surface area contributed by atoms with Gasteiger partial charge in [0.2, 0.25) is 0 Å². The first-order valence-corrected chi connectivity index (χ1v) is 10.6. The van der Waals surface area contributed by atoms with Gasteiger partial charge in [-0.15, -0.1) is 6.58 Å². The molecule has 0 aliphatic heterocycles. The molecule has 1 N–H and O–H groups in total. The first kappa shape index (κ1) is 18.5. The van der Waals surface area contributed by atoms with E-state index in [9.17, 15) is 5.26 Å². The molecule has 0 amide bonds. The fourth-order valence-electron chi connectivity index (χ4n) is 6.58. The number of rotatable bonds is 12. The molecule has 4 bridgehead atoms. The molecule has 1 unspecified atom stereocenters. The first-order valence-electron chi connectivity index (χ1n) is 10.6. The summed E-state index contributed by atoms with van der Waals surface area (Å²) in [5.41, 5.74) is 0.521. The molecule has 4 fully saturated rings. The number of allylic oxidation sites excluding steroid dienone is 1. The highest BCUT2D eigenvalue weighted by atomic mass is 17.1. The van der Waals surface area contributed by atoms with Crippen LogP contribution in [-0.2, 0) is 4.89 Å². The van der Waals surface area contributed by atoms with Gasteiger partial charge in [0.15, 0.2) is 0 Å².